The van der Waals surface area contributed by atoms with Crippen molar-refractivity contribution in [3.8, 4) is 5.75 Å². The fourth-order valence-electron chi connectivity index (χ4n) is 3.60. The van der Waals surface area contributed by atoms with Crippen molar-refractivity contribution >= 4 is 0 Å². The first kappa shape index (κ1) is 15.4. The second-order valence-corrected chi connectivity index (χ2v) is 6.55. The number of ether oxygens (including phenoxy) is 1. The predicted octanol–water partition coefficient (Wildman–Crippen LogP) is 4.09. The van der Waals surface area contributed by atoms with E-state index in [0.717, 1.165) is 24.6 Å². The molecule has 20 heavy (non-hydrogen) atoms. The Morgan fingerprint density at radius 1 is 1.30 bits per heavy atom. The van der Waals surface area contributed by atoms with Gasteiger partial charge in [-0.3, -0.25) is 0 Å². The Labute approximate surface area is 123 Å². The van der Waals surface area contributed by atoms with Gasteiger partial charge in [0.25, 0.3) is 0 Å². The fourth-order valence-corrected chi connectivity index (χ4v) is 3.60. The first-order valence-corrected chi connectivity index (χ1v) is 7.96. The van der Waals surface area contributed by atoms with Crippen molar-refractivity contribution in [2.45, 2.75) is 52.4 Å². The summed E-state index contributed by atoms with van der Waals surface area (Å²) < 4.78 is 5.53. The monoisotopic (exact) mass is 275 g/mol. The predicted molar refractivity (Wildman–Crippen MR) is 85.2 cm³/mol. The highest BCUT2D eigenvalue weighted by molar-refractivity contribution is 5.37. The van der Waals surface area contributed by atoms with Crippen molar-refractivity contribution < 1.29 is 4.74 Å². The minimum atomic E-state index is 0.284. The zero-order chi connectivity index (χ0) is 14.6. The van der Waals surface area contributed by atoms with Crippen LogP contribution >= 0.6 is 0 Å². The lowest BCUT2D eigenvalue weighted by atomic mass is 9.67. The van der Waals surface area contributed by atoms with Gasteiger partial charge in [0.2, 0.25) is 0 Å². The van der Waals surface area contributed by atoms with Gasteiger partial charge in [0, 0.05) is 0 Å². The molecule has 0 unspecified atom stereocenters. The van der Waals surface area contributed by atoms with Crippen LogP contribution in [-0.4, -0.2) is 13.7 Å². The molecule has 0 spiro atoms. The molecule has 1 aliphatic rings. The van der Waals surface area contributed by atoms with Crippen LogP contribution in [0.4, 0.5) is 0 Å². The van der Waals surface area contributed by atoms with Crippen LogP contribution in [0.25, 0.3) is 0 Å². The van der Waals surface area contributed by atoms with Gasteiger partial charge in [-0.2, -0.15) is 0 Å². The third kappa shape index (κ3) is 3.35. The molecule has 0 saturated heterocycles. The summed E-state index contributed by atoms with van der Waals surface area (Å²) in [6, 6.07) is 6.47. The number of rotatable bonds is 5. The normalized spacial score (nSPS) is 26.5. The van der Waals surface area contributed by atoms with Gasteiger partial charge >= 0.3 is 0 Å². The minimum absolute atomic E-state index is 0.284. The summed E-state index contributed by atoms with van der Waals surface area (Å²) in [5, 5.41) is 0. The summed E-state index contributed by atoms with van der Waals surface area (Å²) in [6.07, 6.45) is 7.57. The van der Waals surface area contributed by atoms with Crippen LogP contribution in [0.15, 0.2) is 18.2 Å². The Hall–Kier alpha value is -1.02. The number of nitrogens with two attached hydrogens (primary N) is 1. The summed E-state index contributed by atoms with van der Waals surface area (Å²) in [4.78, 5) is 0. The van der Waals surface area contributed by atoms with Crippen molar-refractivity contribution in [2.75, 3.05) is 13.7 Å². The van der Waals surface area contributed by atoms with Crippen LogP contribution < -0.4 is 10.5 Å². The molecule has 0 radical (unpaired) electrons. The van der Waals surface area contributed by atoms with Gasteiger partial charge < -0.3 is 10.5 Å². The van der Waals surface area contributed by atoms with E-state index >= 15 is 0 Å². The Kier molecular flexibility index (Phi) is 5.09. The van der Waals surface area contributed by atoms with Crippen LogP contribution in [0.5, 0.6) is 5.75 Å². The lowest BCUT2D eigenvalue weighted by molar-refractivity contribution is 0.152. The molecule has 0 aliphatic heterocycles. The molecule has 1 aliphatic carbocycles. The van der Waals surface area contributed by atoms with E-state index in [1.54, 1.807) is 7.11 Å². The Morgan fingerprint density at radius 3 is 2.55 bits per heavy atom. The van der Waals surface area contributed by atoms with E-state index in [2.05, 4.69) is 32.0 Å². The van der Waals surface area contributed by atoms with E-state index in [9.17, 15) is 0 Å². The smallest absolute Gasteiger partial charge is 0.122 e. The molecular formula is C18H29NO. The molecule has 1 fully saturated rings. The molecule has 0 aromatic heterocycles. The van der Waals surface area contributed by atoms with Crippen molar-refractivity contribution in [3.63, 3.8) is 0 Å². The van der Waals surface area contributed by atoms with Crippen molar-refractivity contribution in [1.29, 1.82) is 0 Å². The molecule has 0 atom stereocenters. The third-order valence-electron chi connectivity index (χ3n) is 5.18. The van der Waals surface area contributed by atoms with E-state index in [0.29, 0.717) is 0 Å². The largest absolute Gasteiger partial charge is 0.496 e. The minimum Gasteiger partial charge on any atom is -0.496 e. The molecular weight excluding hydrogens is 246 g/mol. The average Bonchev–Trinajstić information content (AvgIpc) is 2.48. The lowest BCUT2D eigenvalue weighted by Crippen LogP contribution is -2.37. The molecule has 0 heterocycles. The fraction of sp³-hybridized carbons (Fsp3) is 0.667. The van der Waals surface area contributed by atoms with Crippen molar-refractivity contribution in [1.82, 2.24) is 0 Å². The zero-order valence-electron chi connectivity index (χ0n) is 13.2. The second kappa shape index (κ2) is 6.62. The number of hydrogen-bond acceptors (Lipinski definition) is 2. The lowest BCUT2D eigenvalue weighted by Gasteiger charge is -2.39. The van der Waals surface area contributed by atoms with Crippen molar-refractivity contribution in [2.24, 2.45) is 17.1 Å². The number of aryl methyl sites for hydroxylation is 1. The van der Waals surface area contributed by atoms with Gasteiger partial charge in [0.05, 0.1) is 7.11 Å². The van der Waals surface area contributed by atoms with E-state index < -0.39 is 0 Å². The topological polar surface area (TPSA) is 35.2 Å². The van der Waals surface area contributed by atoms with Crippen LogP contribution in [0, 0.1) is 18.3 Å². The Balaban J connectivity index is 2.16. The molecule has 112 valence electrons. The Morgan fingerprint density at radius 2 is 2.00 bits per heavy atom. The first-order chi connectivity index (χ1) is 9.62. The highest BCUT2D eigenvalue weighted by atomic mass is 16.5. The quantitative estimate of drug-likeness (QED) is 0.878. The summed E-state index contributed by atoms with van der Waals surface area (Å²) in [6.45, 7) is 5.25. The van der Waals surface area contributed by atoms with Crippen molar-refractivity contribution in [3.05, 3.63) is 29.3 Å². The molecule has 1 aromatic rings. The van der Waals surface area contributed by atoms with Gasteiger partial charge in [-0.05, 0) is 68.5 Å². The highest BCUT2D eigenvalue weighted by Gasteiger charge is 2.34. The summed E-state index contributed by atoms with van der Waals surface area (Å²) in [5.41, 5.74) is 9.07. The molecule has 0 amide bonds. The van der Waals surface area contributed by atoms with Crippen LogP contribution in [0.1, 0.15) is 50.2 Å². The highest BCUT2D eigenvalue weighted by Crippen LogP contribution is 2.43. The van der Waals surface area contributed by atoms with Gasteiger partial charge in [-0.1, -0.05) is 31.0 Å². The van der Waals surface area contributed by atoms with Crippen LogP contribution in [0.3, 0.4) is 0 Å². The molecule has 2 rings (SSSR count). The SMILES string of the molecule is CCC1CCC(CN)(Cc2cc(C)ccc2OC)CC1. The maximum Gasteiger partial charge on any atom is 0.122 e. The van der Waals surface area contributed by atoms with Crippen LogP contribution in [-0.2, 0) is 6.42 Å². The molecule has 1 aromatic carbocycles. The van der Waals surface area contributed by atoms with E-state index in [1.165, 1.54) is 43.2 Å². The first-order valence-electron chi connectivity index (χ1n) is 7.96. The Bertz CT molecular complexity index is 433. The van der Waals surface area contributed by atoms with Gasteiger partial charge in [0.15, 0.2) is 0 Å². The van der Waals surface area contributed by atoms with E-state index in [1.807, 2.05) is 0 Å². The van der Waals surface area contributed by atoms with Gasteiger partial charge in [0.1, 0.15) is 5.75 Å². The molecule has 2 heteroatoms. The van der Waals surface area contributed by atoms with Gasteiger partial charge in [-0.15, -0.1) is 0 Å². The van der Waals surface area contributed by atoms with Crippen LogP contribution in [0.2, 0.25) is 0 Å². The maximum atomic E-state index is 6.16. The summed E-state index contributed by atoms with van der Waals surface area (Å²) in [5.74, 6) is 1.93. The molecule has 2 nitrogen and oxygen atoms in total. The van der Waals surface area contributed by atoms with Gasteiger partial charge in [-0.25, -0.2) is 0 Å². The summed E-state index contributed by atoms with van der Waals surface area (Å²) in [7, 11) is 1.76. The van der Waals surface area contributed by atoms with E-state index in [-0.39, 0.29) is 5.41 Å². The maximum absolute atomic E-state index is 6.16. The molecule has 1 saturated carbocycles. The standard InChI is InChI=1S/C18H29NO/c1-4-15-7-9-18(13-19,10-8-15)12-16-11-14(2)5-6-17(16)20-3/h5-6,11,15H,4,7-10,12-13,19H2,1-3H3. The number of hydrogen-bond donors (Lipinski definition) is 1. The molecule has 2 N–H and O–H groups in total. The number of benzene rings is 1. The second-order valence-electron chi connectivity index (χ2n) is 6.55. The van der Waals surface area contributed by atoms with E-state index in [4.69, 9.17) is 10.5 Å². The third-order valence-corrected chi connectivity index (χ3v) is 5.18. The molecule has 0 bridgehead atoms. The average molecular weight is 275 g/mol. The zero-order valence-corrected chi connectivity index (χ0v) is 13.2. The summed E-state index contributed by atoms with van der Waals surface area (Å²) >= 11 is 0. The number of methoxy groups -OCH3 is 1.